The number of fused-ring (bicyclic) bond motifs is 4. The molecule has 1 N–H and O–H groups in total. The van der Waals surface area contributed by atoms with Crippen LogP contribution in [0.4, 0.5) is 0 Å². The van der Waals surface area contributed by atoms with Crippen LogP contribution < -0.4 is 0 Å². The molecule has 2 saturated carbocycles. The van der Waals surface area contributed by atoms with E-state index in [1.807, 2.05) is 20.8 Å². The minimum atomic E-state index is -1.83. The summed E-state index contributed by atoms with van der Waals surface area (Å²) in [5.41, 5.74) is -4.49. The van der Waals surface area contributed by atoms with Gasteiger partial charge in [0, 0.05) is 66.1 Å². The standard InChI is InChI=1S/C35H40O12/c1-17(2)28(40)45-30-32(6)16-35(47-19(4)37)33(7,23(32)13-24(38)42-8)22-9-11-31(5)25(21(22)14-34(30,35)46-18(3)36)26(39)29(41)44-27(31)20-10-12-43-15-20/h10,12,15,23,27,30,39H,1,9,11,13-14,16H2,2-8H3/t23-,27-,30-,31+,32+,33-,34-,35-/m0/s1. The second-order valence-electron chi connectivity index (χ2n) is 14.3. The van der Waals surface area contributed by atoms with Gasteiger partial charge in [-0.1, -0.05) is 32.9 Å². The van der Waals surface area contributed by atoms with Crippen molar-refractivity contribution in [3.05, 3.63) is 58.8 Å². The summed E-state index contributed by atoms with van der Waals surface area (Å²) in [5, 5.41) is 11.6. The zero-order chi connectivity index (χ0) is 34.5. The van der Waals surface area contributed by atoms with Crippen molar-refractivity contribution in [1.82, 2.24) is 0 Å². The van der Waals surface area contributed by atoms with Gasteiger partial charge in [0.25, 0.3) is 0 Å². The number of aliphatic hydroxyl groups excluding tert-OH is 1. The predicted molar refractivity (Wildman–Crippen MR) is 161 cm³/mol. The van der Waals surface area contributed by atoms with Crippen molar-refractivity contribution in [1.29, 1.82) is 0 Å². The van der Waals surface area contributed by atoms with Gasteiger partial charge in [0.1, 0.15) is 6.10 Å². The summed E-state index contributed by atoms with van der Waals surface area (Å²) in [6.45, 7) is 13.3. The maximum Gasteiger partial charge on any atom is 0.374 e. The van der Waals surface area contributed by atoms with Crippen LogP contribution in [0.1, 0.15) is 85.3 Å². The van der Waals surface area contributed by atoms with Crippen molar-refractivity contribution in [2.45, 2.75) is 97.1 Å². The number of carbonyl (C=O) groups excluding carboxylic acids is 5. The van der Waals surface area contributed by atoms with Gasteiger partial charge in [0.2, 0.25) is 5.76 Å². The van der Waals surface area contributed by atoms with E-state index >= 15 is 0 Å². The summed E-state index contributed by atoms with van der Waals surface area (Å²) in [6, 6.07) is 1.69. The van der Waals surface area contributed by atoms with E-state index in [1.54, 1.807) is 6.07 Å². The van der Waals surface area contributed by atoms with Crippen molar-refractivity contribution >= 4 is 29.8 Å². The van der Waals surface area contributed by atoms with Crippen LogP contribution in [0, 0.1) is 22.2 Å². The number of cyclic esters (lactones) is 1. The summed E-state index contributed by atoms with van der Waals surface area (Å²) < 4.78 is 35.2. The van der Waals surface area contributed by atoms with E-state index in [2.05, 4.69) is 6.58 Å². The van der Waals surface area contributed by atoms with Gasteiger partial charge in [-0.25, -0.2) is 9.59 Å². The second kappa shape index (κ2) is 10.3. The lowest BCUT2D eigenvalue weighted by Gasteiger charge is -2.65. The number of hydrogen-bond acceptors (Lipinski definition) is 12. The Balaban J connectivity index is 1.70. The second-order valence-corrected chi connectivity index (χ2v) is 14.3. The number of esters is 5. The van der Waals surface area contributed by atoms with Gasteiger partial charge in [0.05, 0.1) is 19.6 Å². The molecule has 0 spiro atoms. The third kappa shape index (κ3) is 4.02. The van der Waals surface area contributed by atoms with Crippen molar-refractivity contribution in [2.24, 2.45) is 22.2 Å². The molecule has 1 aliphatic heterocycles. The minimum absolute atomic E-state index is 0.0813. The fraction of sp³-hybridized carbons (Fsp3) is 0.571. The van der Waals surface area contributed by atoms with E-state index in [-0.39, 0.29) is 24.8 Å². The number of furan rings is 1. The quantitative estimate of drug-likeness (QED) is 0.241. The van der Waals surface area contributed by atoms with Crippen LogP contribution in [0.5, 0.6) is 0 Å². The number of ether oxygens (including phenoxy) is 5. The lowest BCUT2D eigenvalue weighted by atomic mass is 9.44. The number of aliphatic hydroxyl groups is 1. The molecule has 0 unspecified atom stereocenters. The van der Waals surface area contributed by atoms with Crippen LogP contribution in [0.25, 0.3) is 0 Å². The average molecular weight is 653 g/mol. The number of methoxy groups -OCH3 is 1. The Hall–Kier alpha value is -4.35. The molecule has 2 fully saturated rings. The number of carbonyl (C=O) groups is 5. The first-order valence-corrected chi connectivity index (χ1v) is 15.7. The summed E-state index contributed by atoms with van der Waals surface area (Å²) in [5.74, 6) is -4.90. The largest absolute Gasteiger partial charge is 0.502 e. The van der Waals surface area contributed by atoms with E-state index in [0.29, 0.717) is 29.6 Å². The highest BCUT2D eigenvalue weighted by Gasteiger charge is 2.90. The fourth-order valence-corrected chi connectivity index (χ4v) is 10.2. The Bertz CT molecular complexity index is 1680. The fourth-order valence-electron chi connectivity index (χ4n) is 10.2. The molecule has 1 aromatic rings. The van der Waals surface area contributed by atoms with Crippen molar-refractivity contribution in [2.75, 3.05) is 7.11 Å². The van der Waals surface area contributed by atoms with Gasteiger partial charge in [-0.2, -0.15) is 0 Å². The van der Waals surface area contributed by atoms with Gasteiger partial charge in [-0.15, -0.1) is 0 Å². The van der Waals surface area contributed by atoms with Crippen LogP contribution in [-0.2, 0) is 47.7 Å². The molecule has 0 amide bonds. The molecular formula is C35H40O12. The Labute approximate surface area is 272 Å². The zero-order valence-corrected chi connectivity index (χ0v) is 27.6. The molecule has 0 radical (unpaired) electrons. The SMILES string of the molecule is C=C(C)C(=O)O[C@H]1[C@]2(C)C[C@@]3(OC(C)=O)[C@]1(OC(C)=O)CC1=C(CC[C@]4(C)C1=C(O)C(=O)O[C@H]4c1ccoc1)[C@@]3(C)[C@H]2CC(=O)OC. The van der Waals surface area contributed by atoms with E-state index < -0.39 is 81.2 Å². The maximum atomic E-state index is 13.3. The van der Waals surface area contributed by atoms with E-state index in [4.69, 9.17) is 28.1 Å². The lowest BCUT2D eigenvalue weighted by molar-refractivity contribution is -0.276. The number of hydrogen-bond donors (Lipinski definition) is 1. The Morgan fingerprint density at radius 1 is 1.09 bits per heavy atom. The Morgan fingerprint density at radius 2 is 1.77 bits per heavy atom. The molecule has 5 aliphatic rings. The molecule has 12 nitrogen and oxygen atoms in total. The summed E-state index contributed by atoms with van der Waals surface area (Å²) in [6.07, 6.45) is 1.44. The van der Waals surface area contributed by atoms with Crippen LogP contribution in [-0.4, -0.2) is 59.4 Å². The first kappa shape index (κ1) is 32.6. The maximum absolute atomic E-state index is 13.3. The van der Waals surface area contributed by atoms with Crippen molar-refractivity contribution in [3.63, 3.8) is 0 Å². The van der Waals surface area contributed by atoms with Crippen LogP contribution in [0.2, 0.25) is 0 Å². The molecule has 12 heteroatoms. The molecule has 6 rings (SSSR count). The van der Waals surface area contributed by atoms with Crippen LogP contribution >= 0.6 is 0 Å². The molecule has 8 atom stereocenters. The molecule has 0 aromatic carbocycles. The molecule has 2 heterocycles. The molecule has 252 valence electrons. The van der Waals surface area contributed by atoms with Gasteiger partial charge in [0.15, 0.2) is 17.3 Å². The highest BCUT2D eigenvalue weighted by molar-refractivity contribution is 5.90. The highest BCUT2D eigenvalue weighted by Crippen LogP contribution is 2.81. The topological polar surface area (TPSA) is 165 Å². The molecular weight excluding hydrogens is 612 g/mol. The lowest BCUT2D eigenvalue weighted by Crippen LogP contribution is -2.75. The van der Waals surface area contributed by atoms with Gasteiger partial charge in [-0.05, 0) is 37.3 Å². The molecule has 1 aromatic heterocycles. The monoisotopic (exact) mass is 652 g/mol. The first-order chi connectivity index (χ1) is 21.9. The summed E-state index contributed by atoms with van der Waals surface area (Å²) >= 11 is 0. The highest BCUT2D eigenvalue weighted by atomic mass is 16.6. The normalized spacial score (nSPS) is 38.2. The Morgan fingerprint density at radius 3 is 2.34 bits per heavy atom. The minimum Gasteiger partial charge on any atom is -0.502 e. The van der Waals surface area contributed by atoms with Crippen LogP contribution in [0.15, 0.2) is 57.6 Å². The molecule has 4 aliphatic carbocycles. The smallest absolute Gasteiger partial charge is 0.374 e. The average Bonchev–Trinajstić information content (AvgIpc) is 3.63. The van der Waals surface area contributed by atoms with Crippen molar-refractivity contribution < 1.29 is 57.2 Å². The van der Waals surface area contributed by atoms with Gasteiger partial charge < -0.3 is 33.2 Å². The van der Waals surface area contributed by atoms with E-state index in [9.17, 15) is 29.1 Å². The molecule has 2 bridgehead atoms. The molecule has 47 heavy (non-hydrogen) atoms. The van der Waals surface area contributed by atoms with E-state index in [1.165, 1.54) is 40.4 Å². The molecule has 0 saturated heterocycles. The summed E-state index contributed by atoms with van der Waals surface area (Å²) in [7, 11) is 1.27. The predicted octanol–water partition coefficient (Wildman–Crippen LogP) is 4.89. The number of rotatable bonds is 7. The van der Waals surface area contributed by atoms with Crippen molar-refractivity contribution in [3.8, 4) is 0 Å². The zero-order valence-electron chi connectivity index (χ0n) is 27.6. The van der Waals surface area contributed by atoms with Crippen LogP contribution in [0.3, 0.4) is 0 Å². The first-order valence-electron chi connectivity index (χ1n) is 15.7. The van der Waals surface area contributed by atoms with Gasteiger partial charge >= 0.3 is 29.8 Å². The third-order valence-electron chi connectivity index (χ3n) is 11.8. The Kier molecular flexibility index (Phi) is 7.16. The van der Waals surface area contributed by atoms with E-state index in [0.717, 1.165) is 5.57 Å². The summed E-state index contributed by atoms with van der Waals surface area (Å²) in [4.78, 5) is 66.1. The third-order valence-corrected chi connectivity index (χ3v) is 11.8. The van der Waals surface area contributed by atoms with Gasteiger partial charge in [-0.3, -0.25) is 14.4 Å².